The largest absolute Gasteiger partial charge is 0.298 e. The Morgan fingerprint density at radius 1 is 1.27 bits per heavy atom. The molecule has 0 saturated heterocycles. The maximum absolute atomic E-state index is 12.0. The zero-order valence-electron chi connectivity index (χ0n) is 8.51. The Kier molecular flexibility index (Phi) is 3.93. The summed E-state index contributed by atoms with van der Waals surface area (Å²) >= 11 is 1.04. The van der Waals surface area contributed by atoms with Crippen molar-refractivity contribution < 1.29 is 13.2 Å². The number of hydrogen-bond acceptors (Lipinski definition) is 4. The van der Waals surface area contributed by atoms with E-state index in [1.807, 2.05) is 0 Å². The molecule has 1 aromatic carbocycles. The minimum Gasteiger partial charge on any atom is -0.298 e. The van der Waals surface area contributed by atoms with Crippen LogP contribution >= 0.6 is 11.8 Å². The molecule has 3 nitrogen and oxygen atoms in total. The van der Waals surface area contributed by atoms with Gasteiger partial charge in [0.1, 0.15) is 0 Å². The number of carbonyl (C=O) groups excluding carboxylic acids is 1. The minimum atomic E-state index is -3.54. The molecule has 0 aromatic heterocycles. The van der Waals surface area contributed by atoms with Crippen molar-refractivity contribution in [2.24, 2.45) is 0 Å². The summed E-state index contributed by atoms with van der Waals surface area (Å²) in [5.74, 6) is -0.341. The Morgan fingerprint density at radius 2 is 1.80 bits per heavy atom. The molecule has 1 unspecified atom stereocenters. The lowest BCUT2D eigenvalue weighted by Gasteiger charge is -2.11. The molecule has 1 atom stereocenters. The van der Waals surface area contributed by atoms with E-state index >= 15 is 0 Å². The third-order valence-corrected chi connectivity index (χ3v) is 5.82. The predicted octanol–water partition coefficient (Wildman–Crippen LogP) is 1.74. The van der Waals surface area contributed by atoms with Crippen LogP contribution < -0.4 is 0 Å². The average Bonchev–Trinajstić information content (AvgIpc) is 2.19. The maximum atomic E-state index is 12.0. The van der Waals surface area contributed by atoms with Crippen molar-refractivity contribution in [1.29, 1.82) is 0 Å². The lowest BCUT2D eigenvalue weighted by atomic mass is 10.4. The molecule has 1 rings (SSSR count). The Bertz CT molecular complexity index is 437. The van der Waals surface area contributed by atoms with Gasteiger partial charge in [0, 0.05) is 0 Å². The molecular weight excluding hydrogens is 232 g/mol. The van der Waals surface area contributed by atoms with Gasteiger partial charge < -0.3 is 0 Å². The van der Waals surface area contributed by atoms with E-state index in [1.54, 1.807) is 24.5 Å². The number of thioether (sulfide) groups is 1. The topological polar surface area (TPSA) is 51.2 Å². The van der Waals surface area contributed by atoms with Crippen LogP contribution in [0.25, 0.3) is 0 Å². The standard InChI is InChI=1S/C10H12O3S2/c1-8(11)10(14-2)15(12,13)9-6-4-3-5-7-9/h3-7,10H,1-2H3. The second-order valence-electron chi connectivity index (χ2n) is 3.04. The summed E-state index contributed by atoms with van der Waals surface area (Å²) in [5.41, 5.74) is 0. The summed E-state index contributed by atoms with van der Waals surface area (Å²) in [6.07, 6.45) is 1.62. The summed E-state index contributed by atoms with van der Waals surface area (Å²) in [6, 6.07) is 8.03. The van der Waals surface area contributed by atoms with Gasteiger partial charge in [0.15, 0.2) is 20.2 Å². The van der Waals surface area contributed by atoms with E-state index in [2.05, 4.69) is 0 Å². The number of carbonyl (C=O) groups is 1. The van der Waals surface area contributed by atoms with Gasteiger partial charge in [-0.3, -0.25) is 4.79 Å². The van der Waals surface area contributed by atoms with E-state index in [-0.39, 0.29) is 10.7 Å². The molecule has 0 fully saturated rings. The van der Waals surface area contributed by atoms with Crippen LogP contribution in [0.15, 0.2) is 35.2 Å². The van der Waals surface area contributed by atoms with Crippen LogP contribution in [0.2, 0.25) is 0 Å². The zero-order chi connectivity index (χ0) is 11.5. The van der Waals surface area contributed by atoms with Gasteiger partial charge in [-0.15, -0.1) is 11.8 Å². The first kappa shape index (κ1) is 12.3. The van der Waals surface area contributed by atoms with Crippen LogP contribution in [0, 0.1) is 0 Å². The van der Waals surface area contributed by atoms with Crippen molar-refractivity contribution in [1.82, 2.24) is 0 Å². The molecule has 0 radical (unpaired) electrons. The lowest BCUT2D eigenvalue weighted by Crippen LogP contribution is -2.24. The third-order valence-electron chi connectivity index (χ3n) is 1.90. The highest BCUT2D eigenvalue weighted by Crippen LogP contribution is 2.23. The first-order chi connectivity index (χ1) is 7.00. The summed E-state index contributed by atoms with van der Waals surface area (Å²) in [6.45, 7) is 1.29. The van der Waals surface area contributed by atoms with Gasteiger partial charge in [-0.25, -0.2) is 8.42 Å². The second kappa shape index (κ2) is 4.81. The quantitative estimate of drug-likeness (QED) is 0.809. The third kappa shape index (κ3) is 2.60. The van der Waals surface area contributed by atoms with Crippen LogP contribution in [0.1, 0.15) is 6.92 Å². The Balaban J connectivity index is 3.19. The van der Waals surface area contributed by atoms with Crippen molar-refractivity contribution in [2.45, 2.75) is 16.4 Å². The van der Waals surface area contributed by atoms with Gasteiger partial charge in [-0.05, 0) is 25.3 Å². The Labute approximate surface area is 93.8 Å². The molecule has 0 saturated carbocycles. The van der Waals surface area contributed by atoms with Gasteiger partial charge in [-0.2, -0.15) is 0 Å². The summed E-state index contributed by atoms with van der Waals surface area (Å²) in [7, 11) is -3.54. The molecule has 0 N–H and O–H groups in total. The van der Waals surface area contributed by atoms with E-state index in [0.717, 1.165) is 11.8 Å². The first-order valence-electron chi connectivity index (χ1n) is 4.32. The smallest absolute Gasteiger partial charge is 0.197 e. The first-order valence-corrected chi connectivity index (χ1v) is 7.15. The van der Waals surface area contributed by atoms with E-state index < -0.39 is 14.4 Å². The SMILES string of the molecule is CSC(C(C)=O)S(=O)(=O)c1ccccc1. The van der Waals surface area contributed by atoms with Crippen molar-refractivity contribution in [2.75, 3.05) is 6.26 Å². The second-order valence-corrected chi connectivity index (χ2v) is 6.31. The molecule has 0 aliphatic carbocycles. The van der Waals surface area contributed by atoms with Gasteiger partial charge in [0.25, 0.3) is 0 Å². The molecule has 0 amide bonds. The van der Waals surface area contributed by atoms with E-state index in [0.29, 0.717) is 0 Å². The van der Waals surface area contributed by atoms with E-state index in [9.17, 15) is 13.2 Å². The fourth-order valence-corrected chi connectivity index (χ4v) is 4.14. The lowest BCUT2D eigenvalue weighted by molar-refractivity contribution is -0.115. The molecule has 0 aliphatic heterocycles. The van der Waals surface area contributed by atoms with Crippen LogP contribution in [0.4, 0.5) is 0 Å². The molecule has 82 valence electrons. The monoisotopic (exact) mass is 244 g/mol. The van der Waals surface area contributed by atoms with Gasteiger partial charge >= 0.3 is 0 Å². The fourth-order valence-electron chi connectivity index (χ4n) is 1.24. The molecule has 0 spiro atoms. The Hall–Kier alpha value is -0.810. The molecule has 1 aromatic rings. The van der Waals surface area contributed by atoms with Crippen LogP contribution in [-0.4, -0.2) is 25.0 Å². The number of sulfone groups is 1. The normalized spacial score (nSPS) is 13.5. The average molecular weight is 244 g/mol. The number of benzene rings is 1. The van der Waals surface area contributed by atoms with Crippen LogP contribution in [-0.2, 0) is 14.6 Å². The minimum absolute atomic E-state index is 0.194. The summed E-state index contributed by atoms with van der Waals surface area (Å²) in [5, 5.41) is 0. The maximum Gasteiger partial charge on any atom is 0.197 e. The Morgan fingerprint density at radius 3 is 2.20 bits per heavy atom. The van der Waals surface area contributed by atoms with Gasteiger partial charge in [-0.1, -0.05) is 18.2 Å². The number of hydrogen-bond donors (Lipinski definition) is 0. The van der Waals surface area contributed by atoms with Crippen molar-refractivity contribution in [3.8, 4) is 0 Å². The van der Waals surface area contributed by atoms with Crippen LogP contribution in [0.3, 0.4) is 0 Å². The van der Waals surface area contributed by atoms with Crippen molar-refractivity contribution >= 4 is 27.4 Å². The molecule has 5 heteroatoms. The van der Waals surface area contributed by atoms with Gasteiger partial charge in [0.05, 0.1) is 4.90 Å². The summed E-state index contributed by atoms with van der Waals surface area (Å²) in [4.78, 5) is 11.4. The highest BCUT2D eigenvalue weighted by atomic mass is 32.3. The number of ketones is 1. The molecule has 0 heterocycles. The van der Waals surface area contributed by atoms with Crippen LogP contribution in [0.5, 0.6) is 0 Å². The zero-order valence-corrected chi connectivity index (χ0v) is 10.1. The number of rotatable bonds is 4. The molecule has 15 heavy (non-hydrogen) atoms. The van der Waals surface area contributed by atoms with Gasteiger partial charge in [0.2, 0.25) is 0 Å². The highest BCUT2D eigenvalue weighted by Gasteiger charge is 2.30. The number of Topliss-reactive ketones (excluding diaryl/α,β-unsaturated/α-hetero) is 1. The summed E-state index contributed by atoms with van der Waals surface area (Å²) < 4.78 is 22.9. The molecular formula is C10H12O3S2. The molecule has 0 bridgehead atoms. The highest BCUT2D eigenvalue weighted by molar-refractivity contribution is 8.14. The van der Waals surface area contributed by atoms with E-state index in [4.69, 9.17) is 0 Å². The van der Waals surface area contributed by atoms with Crippen molar-refractivity contribution in [3.05, 3.63) is 30.3 Å². The fraction of sp³-hybridized carbons (Fsp3) is 0.300. The van der Waals surface area contributed by atoms with E-state index in [1.165, 1.54) is 19.1 Å². The predicted molar refractivity (Wildman–Crippen MR) is 61.6 cm³/mol. The molecule has 0 aliphatic rings. The van der Waals surface area contributed by atoms with Crippen molar-refractivity contribution in [3.63, 3.8) is 0 Å².